The Hall–Kier alpha value is -1.17. The van der Waals surface area contributed by atoms with Crippen molar-refractivity contribution in [1.29, 1.82) is 0 Å². The number of hydrogen-bond acceptors (Lipinski definition) is 3. The molecular weight excluding hydrogens is 284 g/mol. The molecule has 0 amide bonds. The quantitative estimate of drug-likeness (QED) is 0.832. The molecule has 0 unspecified atom stereocenters. The lowest BCUT2D eigenvalue weighted by molar-refractivity contribution is 0.580. The van der Waals surface area contributed by atoms with E-state index in [2.05, 4.69) is 9.71 Å². The summed E-state index contributed by atoms with van der Waals surface area (Å²) in [5.41, 5.74) is 1.69. The number of pyridine rings is 1. The average Bonchev–Trinajstić information content (AvgIpc) is 2.43. The highest BCUT2D eigenvalue weighted by atomic mass is 35.5. The summed E-state index contributed by atoms with van der Waals surface area (Å²) in [5.74, 6) is 0.394. The predicted molar refractivity (Wildman–Crippen MR) is 77.7 cm³/mol. The molecule has 0 aliphatic heterocycles. The van der Waals surface area contributed by atoms with Gasteiger partial charge in [-0.1, -0.05) is 24.3 Å². The van der Waals surface area contributed by atoms with Crippen molar-refractivity contribution in [2.24, 2.45) is 0 Å². The largest absolute Gasteiger partial charge is 0.256 e. The second-order valence-corrected chi connectivity index (χ2v) is 6.48. The van der Waals surface area contributed by atoms with Crippen molar-refractivity contribution >= 4 is 32.5 Å². The molecule has 2 aromatic rings. The van der Waals surface area contributed by atoms with E-state index in [9.17, 15) is 8.42 Å². The first-order valence-corrected chi connectivity index (χ1v) is 8.17. The van der Waals surface area contributed by atoms with Crippen LogP contribution in [-0.2, 0) is 16.6 Å². The van der Waals surface area contributed by atoms with Crippen molar-refractivity contribution < 1.29 is 8.42 Å². The van der Waals surface area contributed by atoms with Crippen LogP contribution in [0.25, 0.3) is 10.9 Å². The topological polar surface area (TPSA) is 59.1 Å². The van der Waals surface area contributed by atoms with Crippen molar-refractivity contribution in [2.75, 3.05) is 11.6 Å². The van der Waals surface area contributed by atoms with Crippen molar-refractivity contribution in [3.05, 3.63) is 42.1 Å². The Kier molecular flexibility index (Phi) is 4.74. The second-order valence-electron chi connectivity index (χ2n) is 4.17. The van der Waals surface area contributed by atoms with Gasteiger partial charge in [0.2, 0.25) is 10.0 Å². The summed E-state index contributed by atoms with van der Waals surface area (Å²) in [5, 5.41) is 1.000. The zero-order chi connectivity index (χ0) is 13.7. The Balaban J connectivity index is 2.14. The van der Waals surface area contributed by atoms with Crippen LogP contribution in [0.4, 0.5) is 0 Å². The molecule has 1 N–H and O–H groups in total. The van der Waals surface area contributed by atoms with Gasteiger partial charge in [0, 0.05) is 24.0 Å². The lowest BCUT2D eigenvalue weighted by atomic mass is 10.1. The molecule has 0 bridgehead atoms. The highest BCUT2D eigenvalue weighted by molar-refractivity contribution is 7.89. The molecular formula is C13H15ClN2O2S. The molecule has 0 spiro atoms. The van der Waals surface area contributed by atoms with E-state index >= 15 is 0 Å². The fourth-order valence-corrected chi connectivity index (χ4v) is 3.15. The van der Waals surface area contributed by atoms with E-state index in [1.807, 2.05) is 30.3 Å². The van der Waals surface area contributed by atoms with Crippen molar-refractivity contribution in [2.45, 2.75) is 13.0 Å². The van der Waals surface area contributed by atoms with Crippen molar-refractivity contribution in [3.63, 3.8) is 0 Å². The Labute approximate surface area is 117 Å². The maximum atomic E-state index is 11.7. The minimum absolute atomic E-state index is 0.0503. The van der Waals surface area contributed by atoms with E-state index in [0.29, 0.717) is 12.3 Å². The third kappa shape index (κ3) is 3.89. The smallest absolute Gasteiger partial charge is 0.211 e. The molecule has 1 aromatic carbocycles. The Morgan fingerprint density at radius 2 is 2.00 bits per heavy atom. The van der Waals surface area contributed by atoms with Crippen LogP contribution in [0.15, 0.2) is 36.5 Å². The molecule has 0 saturated carbocycles. The van der Waals surface area contributed by atoms with E-state index < -0.39 is 10.0 Å². The highest BCUT2D eigenvalue weighted by Crippen LogP contribution is 2.15. The van der Waals surface area contributed by atoms with Gasteiger partial charge in [0.25, 0.3) is 0 Å². The number of halogens is 1. The number of fused-ring (bicyclic) bond motifs is 1. The Morgan fingerprint density at radius 1 is 1.21 bits per heavy atom. The van der Waals surface area contributed by atoms with E-state index in [0.717, 1.165) is 16.5 Å². The van der Waals surface area contributed by atoms with E-state index in [-0.39, 0.29) is 12.3 Å². The number of para-hydroxylation sites is 1. The number of nitrogens with zero attached hydrogens (tertiary/aromatic N) is 1. The highest BCUT2D eigenvalue weighted by Gasteiger charge is 2.10. The molecule has 102 valence electrons. The first-order chi connectivity index (χ1) is 9.12. The molecule has 1 heterocycles. The van der Waals surface area contributed by atoms with Crippen LogP contribution in [0.2, 0.25) is 0 Å². The molecule has 0 saturated heterocycles. The number of aromatic nitrogens is 1. The van der Waals surface area contributed by atoms with Gasteiger partial charge in [-0.05, 0) is 18.1 Å². The fraction of sp³-hybridized carbons (Fsp3) is 0.308. The zero-order valence-corrected chi connectivity index (χ0v) is 11.9. The fourth-order valence-electron chi connectivity index (χ4n) is 1.81. The SMILES string of the molecule is O=S(=O)(CCCCl)NCc1cccc2cccnc12. The lowest BCUT2D eigenvalue weighted by Crippen LogP contribution is -2.26. The van der Waals surface area contributed by atoms with Gasteiger partial charge < -0.3 is 0 Å². The first-order valence-electron chi connectivity index (χ1n) is 5.98. The number of nitrogens with one attached hydrogen (secondary N) is 1. The third-order valence-corrected chi connectivity index (χ3v) is 4.42. The minimum atomic E-state index is -3.27. The van der Waals surface area contributed by atoms with E-state index in [1.54, 1.807) is 6.20 Å². The molecule has 0 aliphatic rings. The van der Waals surface area contributed by atoms with Gasteiger partial charge in [-0.15, -0.1) is 11.6 Å². The number of sulfonamides is 1. The average molecular weight is 299 g/mol. The molecule has 19 heavy (non-hydrogen) atoms. The van der Waals surface area contributed by atoms with Gasteiger partial charge in [0.15, 0.2) is 0 Å². The summed E-state index contributed by atoms with van der Waals surface area (Å²) in [7, 11) is -3.27. The van der Waals surface area contributed by atoms with Crippen LogP contribution >= 0.6 is 11.6 Å². The van der Waals surface area contributed by atoms with Gasteiger partial charge >= 0.3 is 0 Å². The normalized spacial score (nSPS) is 11.8. The summed E-state index contributed by atoms with van der Waals surface area (Å²) in [6, 6.07) is 9.53. The van der Waals surface area contributed by atoms with E-state index in [4.69, 9.17) is 11.6 Å². The molecule has 4 nitrogen and oxygen atoms in total. The molecule has 6 heteroatoms. The predicted octanol–water partition coefficient (Wildman–Crippen LogP) is 2.28. The number of rotatable bonds is 6. The molecule has 0 atom stereocenters. The van der Waals surface area contributed by atoms with Gasteiger partial charge in [-0.2, -0.15) is 0 Å². The van der Waals surface area contributed by atoms with Crippen LogP contribution in [0, 0.1) is 0 Å². The van der Waals surface area contributed by atoms with Crippen molar-refractivity contribution in [3.8, 4) is 0 Å². The van der Waals surface area contributed by atoms with Gasteiger partial charge in [-0.25, -0.2) is 13.1 Å². The molecule has 0 radical (unpaired) electrons. The van der Waals surface area contributed by atoms with Crippen LogP contribution < -0.4 is 4.72 Å². The zero-order valence-electron chi connectivity index (χ0n) is 10.3. The van der Waals surface area contributed by atoms with E-state index in [1.165, 1.54) is 0 Å². The first kappa shape index (κ1) is 14.2. The van der Waals surface area contributed by atoms with Gasteiger partial charge in [0.1, 0.15) is 0 Å². The maximum absolute atomic E-state index is 11.7. The third-order valence-electron chi connectivity index (χ3n) is 2.75. The summed E-state index contributed by atoms with van der Waals surface area (Å²) in [4.78, 5) is 4.29. The number of benzene rings is 1. The molecule has 2 rings (SSSR count). The van der Waals surface area contributed by atoms with Gasteiger partial charge in [-0.3, -0.25) is 4.98 Å². The summed E-state index contributed by atoms with van der Waals surface area (Å²) in [6.07, 6.45) is 2.15. The minimum Gasteiger partial charge on any atom is -0.256 e. The summed E-state index contributed by atoms with van der Waals surface area (Å²) >= 11 is 5.50. The van der Waals surface area contributed by atoms with Crippen LogP contribution in [0.1, 0.15) is 12.0 Å². The molecule has 1 aromatic heterocycles. The van der Waals surface area contributed by atoms with Gasteiger partial charge in [0.05, 0.1) is 11.3 Å². The molecule has 0 fully saturated rings. The van der Waals surface area contributed by atoms with Crippen LogP contribution in [0.5, 0.6) is 0 Å². The number of hydrogen-bond donors (Lipinski definition) is 1. The van der Waals surface area contributed by atoms with Crippen LogP contribution in [0.3, 0.4) is 0 Å². The Morgan fingerprint density at radius 3 is 2.79 bits per heavy atom. The maximum Gasteiger partial charge on any atom is 0.211 e. The van der Waals surface area contributed by atoms with Crippen molar-refractivity contribution in [1.82, 2.24) is 9.71 Å². The molecule has 0 aliphatic carbocycles. The second kappa shape index (κ2) is 6.32. The summed E-state index contributed by atoms with van der Waals surface area (Å²) < 4.78 is 26.0. The van der Waals surface area contributed by atoms with Crippen LogP contribution in [-0.4, -0.2) is 25.0 Å². The lowest BCUT2D eigenvalue weighted by Gasteiger charge is -2.08. The Bertz CT molecular complexity index is 653. The number of alkyl halides is 1. The monoisotopic (exact) mass is 298 g/mol. The standard InChI is InChI=1S/C13H15ClN2O2S/c14-7-3-9-19(17,18)16-10-12-5-1-4-11-6-2-8-15-13(11)12/h1-2,4-6,8,16H,3,7,9-10H2. The summed E-state index contributed by atoms with van der Waals surface area (Å²) in [6.45, 7) is 0.249.